The largest absolute Gasteiger partial charge is 0.497 e. The van der Waals surface area contributed by atoms with E-state index in [4.69, 9.17) is 14.3 Å². The van der Waals surface area contributed by atoms with Gasteiger partial charge in [0, 0.05) is 25.2 Å². The van der Waals surface area contributed by atoms with Crippen molar-refractivity contribution in [1.29, 1.82) is 0 Å². The summed E-state index contributed by atoms with van der Waals surface area (Å²) in [5.74, 6) is -0.530. The van der Waals surface area contributed by atoms with Crippen LogP contribution in [0.3, 0.4) is 0 Å². The quantitative estimate of drug-likeness (QED) is 0.543. The van der Waals surface area contributed by atoms with Gasteiger partial charge in [-0.15, -0.1) is 0 Å². The molecule has 150 valence electrons. The lowest BCUT2D eigenvalue weighted by atomic mass is 10.1. The van der Waals surface area contributed by atoms with Crippen molar-refractivity contribution in [3.05, 3.63) is 57.4 Å². The van der Waals surface area contributed by atoms with Gasteiger partial charge in [-0.2, -0.15) is 0 Å². The lowest BCUT2D eigenvalue weighted by Crippen LogP contribution is -2.26. The molecule has 9 nitrogen and oxygen atoms in total. The molecule has 0 saturated heterocycles. The van der Waals surface area contributed by atoms with Crippen molar-refractivity contribution < 1.29 is 28.4 Å². The highest BCUT2D eigenvalue weighted by Crippen LogP contribution is 2.29. The maximum absolute atomic E-state index is 14.4. The van der Waals surface area contributed by atoms with E-state index in [2.05, 4.69) is 5.32 Å². The van der Waals surface area contributed by atoms with Crippen LogP contribution < -0.4 is 14.8 Å². The third-order valence-corrected chi connectivity index (χ3v) is 4.04. The minimum absolute atomic E-state index is 0.0728. The molecule has 2 rings (SSSR count). The number of benzene rings is 2. The monoisotopic (exact) mass is 393 g/mol. The summed E-state index contributed by atoms with van der Waals surface area (Å²) in [6.45, 7) is 0.148. The lowest BCUT2D eigenvalue weighted by Gasteiger charge is -2.16. The Morgan fingerprint density at radius 3 is 2.50 bits per heavy atom. The summed E-state index contributed by atoms with van der Waals surface area (Å²) < 4.78 is 24.8. The van der Waals surface area contributed by atoms with E-state index in [1.807, 2.05) is 0 Å². The van der Waals surface area contributed by atoms with Crippen LogP contribution in [-0.4, -0.2) is 44.3 Å². The molecule has 0 atom stereocenters. The molecule has 0 bridgehead atoms. The molecule has 0 aliphatic carbocycles. The zero-order valence-electron chi connectivity index (χ0n) is 15.8. The first-order valence-electron chi connectivity index (χ1n) is 8.07. The molecule has 0 spiro atoms. The molecule has 0 aliphatic heterocycles. The number of methoxy groups -OCH3 is 2. The normalized spacial score (nSPS) is 10.3. The standard InChI is InChI=1S/C18H20FN3O6/c1-21(28-4)18(23)13-8-15(14(19)9-16(13)22(24)25)20-10-11-5-6-12(26-2)7-17(11)27-3/h5-9,20H,10H2,1-4H3. The zero-order valence-corrected chi connectivity index (χ0v) is 15.8. The van der Waals surface area contributed by atoms with Gasteiger partial charge in [-0.05, 0) is 18.2 Å². The third-order valence-electron chi connectivity index (χ3n) is 4.04. The highest BCUT2D eigenvalue weighted by molar-refractivity contribution is 5.98. The van der Waals surface area contributed by atoms with Crippen molar-refractivity contribution in [1.82, 2.24) is 5.06 Å². The second-order valence-electron chi connectivity index (χ2n) is 5.62. The van der Waals surface area contributed by atoms with Gasteiger partial charge in [0.15, 0.2) is 5.82 Å². The van der Waals surface area contributed by atoms with Gasteiger partial charge in [-0.3, -0.25) is 19.7 Å². The van der Waals surface area contributed by atoms with E-state index in [0.717, 1.165) is 11.1 Å². The molecule has 1 amide bonds. The Labute approximate surface area is 160 Å². The number of rotatable bonds is 8. The topological polar surface area (TPSA) is 103 Å². The average Bonchev–Trinajstić information content (AvgIpc) is 2.71. The van der Waals surface area contributed by atoms with Gasteiger partial charge in [0.1, 0.15) is 17.1 Å². The van der Waals surface area contributed by atoms with Gasteiger partial charge in [-0.1, -0.05) is 0 Å². The minimum atomic E-state index is -0.865. The van der Waals surface area contributed by atoms with Crippen molar-refractivity contribution in [3.8, 4) is 11.5 Å². The van der Waals surface area contributed by atoms with E-state index in [1.165, 1.54) is 28.4 Å². The second-order valence-corrected chi connectivity index (χ2v) is 5.62. The van der Waals surface area contributed by atoms with Crippen molar-refractivity contribution in [3.63, 3.8) is 0 Å². The zero-order chi connectivity index (χ0) is 20.8. The van der Waals surface area contributed by atoms with Crippen LogP contribution in [-0.2, 0) is 11.4 Å². The molecule has 1 N–H and O–H groups in total. The maximum atomic E-state index is 14.4. The molecular formula is C18H20FN3O6. The summed E-state index contributed by atoms with van der Waals surface area (Å²) in [5.41, 5.74) is -0.335. The number of carbonyl (C=O) groups is 1. The molecule has 0 saturated carbocycles. The molecule has 0 fully saturated rings. The van der Waals surface area contributed by atoms with Gasteiger partial charge in [0.2, 0.25) is 0 Å². The molecule has 0 aromatic heterocycles. The van der Waals surface area contributed by atoms with Gasteiger partial charge >= 0.3 is 0 Å². The van der Waals surface area contributed by atoms with E-state index in [-0.39, 0.29) is 17.8 Å². The van der Waals surface area contributed by atoms with E-state index in [1.54, 1.807) is 18.2 Å². The predicted molar refractivity (Wildman–Crippen MR) is 99.0 cm³/mol. The Bertz CT molecular complexity index is 890. The number of halogens is 1. The first-order chi connectivity index (χ1) is 13.3. The Morgan fingerprint density at radius 2 is 1.93 bits per heavy atom. The maximum Gasteiger partial charge on any atom is 0.285 e. The number of nitrogens with one attached hydrogen (secondary N) is 1. The van der Waals surface area contributed by atoms with E-state index in [9.17, 15) is 19.3 Å². The van der Waals surface area contributed by atoms with E-state index < -0.39 is 22.3 Å². The summed E-state index contributed by atoms with van der Waals surface area (Å²) in [4.78, 5) is 27.5. The van der Waals surface area contributed by atoms with Crippen LogP contribution in [0, 0.1) is 15.9 Å². The number of hydrogen-bond acceptors (Lipinski definition) is 7. The highest BCUT2D eigenvalue weighted by atomic mass is 19.1. The molecule has 0 unspecified atom stereocenters. The number of hydrogen-bond donors (Lipinski definition) is 1. The van der Waals surface area contributed by atoms with Crippen LogP contribution in [0.25, 0.3) is 0 Å². The van der Waals surface area contributed by atoms with Crippen LogP contribution in [0.15, 0.2) is 30.3 Å². The van der Waals surface area contributed by atoms with Crippen molar-refractivity contribution >= 4 is 17.3 Å². The van der Waals surface area contributed by atoms with E-state index in [0.29, 0.717) is 23.1 Å². The molecule has 28 heavy (non-hydrogen) atoms. The Hall–Kier alpha value is -3.40. The number of amides is 1. The summed E-state index contributed by atoms with van der Waals surface area (Å²) >= 11 is 0. The number of carbonyl (C=O) groups excluding carboxylic acids is 1. The smallest absolute Gasteiger partial charge is 0.285 e. The SMILES string of the molecule is COc1ccc(CNc2cc(C(=O)N(C)OC)c([N+](=O)[O-])cc2F)c(OC)c1. The fourth-order valence-electron chi connectivity index (χ4n) is 2.46. The van der Waals surface area contributed by atoms with Gasteiger partial charge < -0.3 is 14.8 Å². The van der Waals surface area contributed by atoms with E-state index >= 15 is 0 Å². The van der Waals surface area contributed by atoms with Crippen LogP contribution in [0.1, 0.15) is 15.9 Å². The van der Waals surface area contributed by atoms with Crippen molar-refractivity contribution in [2.24, 2.45) is 0 Å². The fourth-order valence-corrected chi connectivity index (χ4v) is 2.46. The van der Waals surface area contributed by atoms with Crippen molar-refractivity contribution in [2.45, 2.75) is 6.54 Å². The number of hydroxylamine groups is 2. The summed E-state index contributed by atoms with van der Waals surface area (Å²) in [6, 6.07) is 6.91. The van der Waals surface area contributed by atoms with Crippen LogP contribution >= 0.6 is 0 Å². The minimum Gasteiger partial charge on any atom is -0.497 e. The second kappa shape index (κ2) is 9.00. The first kappa shape index (κ1) is 20.9. The van der Waals surface area contributed by atoms with Gasteiger partial charge in [-0.25, -0.2) is 9.45 Å². The van der Waals surface area contributed by atoms with Crippen LogP contribution in [0.2, 0.25) is 0 Å². The molecule has 2 aromatic carbocycles. The fraction of sp³-hybridized carbons (Fsp3) is 0.278. The summed E-state index contributed by atoms with van der Waals surface area (Å²) in [6.07, 6.45) is 0. The van der Waals surface area contributed by atoms with Crippen LogP contribution in [0.4, 0.5) is 15.8 Å². The molecule has 0 radical (unpaired) electrons. The number of nitro benzene ring substituents is 1. The van der Waals surface area contributed by atoms with Gasteiger partial charge in [0.25, 0.3) is 11.6 Å². The third kappa shape index (κ3) is 4.46. The number of ether oxygens (including phenoxy) is 2. The molecule has 0 aliphatic rings. The number of anilines is 1. The number of nitrogens with zero attached hydrogens (tertiary/aromatic N) is 2. The molecule has 0 heterocycles. The lowest BCUT2D eigenvalue weighted by molar-refractivity contribution is -0.385. The Kier molecular flexibility index (Phi) is 6.72. The summed E-state index contributed by atoms with van der Waals surface area (Å²) in [5, 5.41) is 14.8. The molecule has 10 heteroatoms. The number of nitro groups is 1. The van der Waals surface area contributed by atoms with Crippen LogP contribution in [0.5, 0.6) is 11.5 Å². The van der Waals surface area contributed by atoms with Gasteiger partial charge in [0.05, 0.1) is 38.0 Å². The predicted octanol–water partition coefficient (Wildman–Crippen LogP) is 3.00. The summed E-state index contributed by atoms with van der Waals surface area (Å²) in [7, 11) is 5.55. The molecular weight excluding hydrogens is 373 g/mol. The highest BCUT2D eigenvalue weighted by Gasteiger charge is 2.26. The first-order valence-corrected chi connectivity index (χ1v) is 8.07. The Balaban J connectivity index is 2.36. The average molecular weight is 393 g/mol. The molecule has 2 aromatic rings. The van der Waals surface area contributed by atoms with Crippen molar-refractivity contribution in [2.75, 3.05) is 33.7 Å². The Morgan fingerprint density at radius 1 is 1.21 bits per heavy atom.